The van der Waals surface area contributed by atoms with Crippen LogP contribution in [0.15, 0.2) is 55.1 Å². The zero-order chi connectivity index (χ0) is 16.7. The molecule has 1 aliphatic carbocycles. The van der Waals surface area contributed by atoms with Crippen LogP contribution >= 0.6 is 11.6 Å². The number of hydrogen-bond donors (Lipinski definition) is 1. The molecular weight excluding hydrogens is 314 g/mol. The second kappa shape index (κ2) is 5.99. The molecular formula is C22H20ClN. The lowest BCUT2D eigenvalue weighted by Gasteiger charge is -2.17. The average molecular weight is 334 g/mol. The number of rotatable bonds is 3. The van der Waals surface area contributed by atoms with Crippen molar-refractivity contribution in [2.45, 2.75) is 26.2 Å². The molecule has 0 fully saturated rings. The maximum atomic E-state index is 6.09. The minimum atomic E-state index is 0.768. The second-order valence-corrected chi connectivity index (χ2v) is 6.79. The summed E-state index contributed by atoms with van der Waals surface area (Å²) in [5, 5.41) is 0.768. The van der Waals surface area contributed by atoms with Crippen molar-refractivity contribution in [3.63, 3.8) is 0 Å². The predicted molar refractivity (Wildman–Crippen MR) is 103 cm³/mol. The van der Waals surface area contributed by atoms with Crippen LogP contribution in [0.2, 0.25) is 5.02 Å². The van der Waals surface area contributed by atoms with Crippen LogP contribution in [0.5, 0.6) is 0 Å². The van der Waals surface area contributed by atoms with E-state index in [2.05, 4.69) is 54.9 Å². The third-order valence-electron chi connectivity index (χ3n) is 4.95. The van der Waals surface area contributed by atoms with E-state index in [0.717, 1.165) is 29.9 Å². The summed E-state index contributed by atoms with van der Waals surface area (Å²) in [6, 6.07) is 16.8. The zero-order valence-corrected chi connectivity index (χ0v) is 14.6. The number of H-pyrrole nitrogens is 1. The molecule has 0 spiro atoms. The van der Waals surface area contributed by atoms with Crippen LogP contribution in [0.25, 0.3) is 28.0 Å². The van der Waals surface area contributed by atoms with Crippen LogP contribution in [0.3, 0.4) is 0 Å². The van der Waals surface area contributed by atoms with E-state index in [1.165, 1.54) is 39.2 Å². The van der Waals surface area contributed by atoms with Gasteiger partial charge in [-0.1, -0.05) is 61.5 Å². The Morgan fingerprint density at radius 2 is 1.83 bits per heavy atom. The normalized spacial score (nSPS) is 12.6. The van der Waals surface area contributed by atoms with Gasteiger partial charge in [0.15, 0.2) is 0 Å². The van der Waals surface area contributed by atoms with Gasteiger partial charge in [0.25, 0.3) is 0 Å². The molecule has 0 saturated heterocycles. The van der Waals surface area contributed by atoms with E-state index in [1.807, 2.05) is 12.1 Å². The maximum Gasteiger partial charge on any atom is 0.0500 e. The third-order valence-corrected chi connectivity index (χ3v) is 5.20. The van der Waals surface area contributed by atoms with Crippen molar-refractivity contribution >= 4 is 17.2 Å². The molecule has 0 atom stereocenters. The van der Waals surface area contributed by atoms with Gasteiger partial charge in [-0.15, -0.1) is 0 Å². The highest BCUT2D eigenvalue weighted by atomic mass is 35.5. The van der Waals surface area contributed by atoms with Crippen LogP contribution in [0.4, 0.5) is 0 Å². The van der Waals surface area contributed by atoms with Crippen LogP contribution < -0.4 is 0 Å². The fourth-order valence-electron chi connectivity index (χ4n) is 3.64. The number of aromatic amines is 1. The molecule has 4 rings (SSSR count). The first-order valence-corrected chi connectivity index (χ1v) is 8.84. The molecule has 3 aromatic rings. The molecule has 1 aliphatic rings. The summed E-state index contributed by atoms with van der Waals surface area (Å²) >= 11 is 6.09. The van der Waals surface area contributed by atoms with E-state index in [1.54, 1.807) is 0 Å². The zero-order valence-electron chi connectivity index (χ0n) is 13.8. The number of aromatic nitrogens is 1. The first-order chi connectivity index (χ1) is 11.7. The minimum Gasteiger partial charge on any atom is -0.354 e. The molecule has 1 aromatic heterocycles. The number of fused-ring (bicyclic) bond motifs is 3. The van der Waals surface area contributed by atoms with E-state index < -0.39 is 0 Å². The molecule has 2 heteroatoms. The van der Waals surface area contributed by atoms with Crippen molar-refractivity contribution in [2.75, 3.05) is 0 Å². The van der Waals surface area contributed by atoms with Crippen molar-refractivity contribution < 1.29 is 0 Å². The molecule has 0 amide bonds. The summed E-state index contributed by atoms with van der Waals surface area (Å²) in [7, 11) is 0. The number of aryl methyl sites for hydroxylation is 1. The average Bonchev–Trinajstić information content (AvgIpc) is 3.01. The summed E-state index contributed by atoms with van der Waals surface area (Å²) in [4.78, 5) is 3.69. The monoisotopic (exact) mass is 333 g/mol. The van der Waals surface area contributed by atoms with E-state index in [9.17, 15) is 0 Å². The van der Waals surface area contributed by atoms with Crippen LogP contribution in [0, 0.1) is 0 Å². The number of benzene rings is 2. The molecule has 0 aliphatic heterocycles. The maximum absolute atomic E-state index is 6.09. The summed E-state index contributed by atoms with van der Waals surface area (Å²) in [5.74, 6) is 0. The number of halogens is 1. The molecule has 2 aromatic carbocycles. The van der Waals surface area contributed by atoms with E-state index in [0.29, 0.717) is 0 Å². The Hall–Kier alpha value is -2.25. The highest BCUT2D eigenvalue weighted by Gasteiger charge is 2.25. The van der Waals surface area contributed by atoms with Crippen LogP contribution in [-0.2, 0) is 12.8 Å². The Bertz CT molecular complexity index is 916. The largest absolute Gasteiger partial charge is 0.354 e. The van der Waals surface area contributed by atoms with Gasteiger partial charge in [-0.3, -0.25) is 0 Å². The van der Waals surface area contributed by atoms with Gasteiger partial charge < -0.3 is 4.98 Å². The number of hydrogen-bond acceptors (Lipinski definition) is 0. The molecule has 24 heavy (non-hydrogen) atoms. The first-order valence-electron chi connectivity index (χ1n) is 8.46. The molecule has 1 N–H and O–H groups in total. The lowest BCUT2D eigenvalue weighted by atomic mass is 9.86. The van der Waals surface area contributed by atoms with Gasteiger partial charge in [-0.2, -0.15) is 0 Å². The van der Waals surface area contributed by atoms with E-state index >= 15 is 0 Å². The molecule has 120 valence electrons. The summed E-state index contributed by atoms with van der Waals surface area (Å²) in [5.41, 5.74) is 10.2. The lowest BCUT2D eigenvalue weighted by Crippen LogP contribution is -2.03. The summed E-state index contributed by atoms with van der Waals surface area (Å²) < 4.78 is 0. The number of allylic oxidation sites excluding steroid dienone is 1. The molecule has 0 radical (unpaired) electrons. The third kappa shape index (κ3) is 2.40. The van der Waals surface area contributed by atoms with Crippen LogP contribution in [0.1, 0.15) is 30.2 Å². The Morgan fingerprint density at radius 3 is 2.58 bits per heavy atom. The smallest absolute Gasteiger partial charge is 0.0500 e. The van der Waals surface area contributed by atoms with Crippen molar-refractivity contribution in [1.29, 1.82) is 0 Å². The summed E-state index contributed by atoms with van der Waals surface area (Å²) in [6.45, 7) is 6.44. The molecule has 1 heterocycles. The first kappa shape index (κ1) is 15.3. The van der Waals surface area contributed by atoms with Crippen molar-refractivity contribution in [3.05, 3.63) is 77.0 Å². The Labute approximate surface area is 148 Å². The molecule has 0 bridgehead atoms. The topological polar surface area (TPSA) is 15.8 Å². The fraction of sp³-hybridized carbons (Fsp3) is 0.182. The van der Waals surface area contributed by atoms with Gasteiger partial charge in [0.1, 0.15) is 0 Å². The SMILES string of the molecule is C=C(CC)c1[nH]c2c(c1-c1ccc(Cl)cc1)CCc1ccccc1-2. The standard InChI is InChI=1S/C22H20ClN/c1-3-14(2)21-20(16-8-11-17(23)12-9-16)19-13-10-15-6-4-5-7-18(15)22(19)24-21/h4-9,11-12,24H,2-3,10,13H2,1H3. The molecule has 1 nitrogen and oxygen atoms in total. The summed E-state index contributed by atoms with van der Waals surface area (Å²) in [6.07, 6.45) is 3.07. The van der Waals surface area contributed by atoms with Crippen molar-refractivity contribution in [1.82, 2.24) is 4.98 Å². The van der Waals surface area contributed by atoms with E-state index in [-0.39, 0.29) is 0 Å². The van der Waals surface area contributed by atoms with Crippen LogP contribution in [-0.4, -0.2) is 4.98 Å². The number of nitrogens with one attached hydrogen (secondary N) is 1. The van der Waals surface area contributed by atoms with Gasteiger partial charge in [-0.25, -0.2) is 0 Å². The van der Waals surface area contributed by atoms with Gasteiger partial charge in [0.2, 0.25) is 0 Å². The van der Waals surface area contributed by atoms with Gasteiger partial charge in [0, 0.05) is 21.8 Å². The highest BCUT2D eigenvalue weighted by molar-refractivity contribution is 6.30. The highest BCUT2D eigenvalue weighted by Crippen LogP contribution is 2.43. The van der Waals surface area contributed by atoms with Gasteiger partial charge >= 0.3 is 0 Å². The fourth-order valence-corrected chi connectivity index (χ4v) is 3.76. The second-order valence-electron chi connectivity index (χ2n) is 6.35. The molecule has 0 saturated carbocycles. The lowest BCUT2D eigenvalue weighted by molar-refractivity contribution is 0.943. The Morgan fingerprint density at radius 1 is 1.08 bits per heavy atom. The van der Waals surface area contributed by atoms with Crippen molar-refractivity contribution in [3.8, 4) is 22.4 Å². The quantitative estimate of drug-likeness (QED) is 0.561. The van der Waals surface area contributed by atoms with Gasteiger partial charge in [0.05, 0.1) is 5.69 Å². The Balaban J connectivity index is 1.98. The van der Waals surface area contributed by atoms with Gasteiger partial charge in [-0.05, 0) is 53.7 Å². The Kier molecular flexibility index (Phi) is 3.82. The van der Waals surface area contributed by atoms with Crippen molar-refractivity contribution in [2.24, 2.45) is 0 Å². The predicted octanol–water partition coefficient (Wildman–Crippen LogP) is 6.52. The van der Waals surface area contributed by atoms with E-state index in [4.69, 9.17) is 11.6 Å². The molecule has 0 unspecified atom stereocenters. The minimum absolute atomic E-state index is 0.768.